The van der Waals surface area contributed by atoms with Crippen LogP contribution >= 0.6 is 0 Å². The van der Waals surface area contributed by atoms with E-state index in [4.69, 9.17) is 16.9 Å². The molecule has 12 heteroatoms. The van der Waals surface area contributed by atoms with E-state index in [-0.39, 0.29) is 30.7 Å². The molecule has 1 fully saturated rings. The number of nitrogens with zero attached hydrogens (tertiary/aromatic N) is 6. The molecule has 0 aliphatic heterocycles. The molecule has 0 aromatic carbocycles. The molecule has 0 radical (unpaired) electrons. The second-order valence-corrected chi connectivity index (χ2v) is 7.97. The van der Waals surface area contributed by atoms with E-state index in [0.29, 0.717) is 58.8 Å². The molecule has 10 nitrogen and oxygen atoms in total. The van der Waals surface area contributed by atoms with Gasteiger partial charge < -0.3 is 20.1 Å². The Morgan fingerprint density at radius 1 is 1.33 bits per heavy atom. The monoisotopic (exact) mass is 459 g/mol. The predicted molar refractivity (Wildman–Crippen MR) is 117 cm³/mol. The number of aromatic amines is 1. The van der Waals surface area contributed by atoms with E-state index in [1.807, 2.05) is 0 Å². The number of H-pyrrole nitrogens is 1. The van der Waals surface area contributed by atoms with Gasteiger partial charge in [-0.25, -0.2) is 23.7 Å². The van der Waals surface area contributed by atoms with Crippen LogP contribution in [-0.2, 0) is 11.3 Å². The first-order valence-corrected chi connectivity index (χ1v) is 10.6. The van der Waals surface area contributed by atoms with Gasteiger partial charge in [-0.1, -0.05) is 0 Å². The standard InChI is InChI=1S/C21H24F2N8O2/c1-11-25-16-3-2-15(27-20(16)30(11)10-17(22)23)14-4-5-31-18(14)19(24)28-21(29-31)26-12-8-13(9-12)33-7-6-32/h2-5,12-13,17,32H,6-10H2,1H3,(H3,24,26,28,29)/i5D. The summed E-state index contributed by atoms with van der Waals surface area (Å²) < 4.78 is 42.9. The number of alkyl halides is 2. The van der Waals surface area contributed by atoms with Gasteiger partial charge in [0.1, 0.15) is 16.9 Å². The topological polar surface area (TPSA) is 132 Å². The first-order valence-electron chi connectivity index (χ1n) is 11.1. The molecule has 4 N–H and O–H groups in total. The molecular formula is C21H24F2N8O2. The van der Waals surface area contributed by atoms with Crippen molar-refractivity contribution in [2.45, 2.75) is 44.9 Å². The molecule has 4 aromatic rings. The van der Waals surface area contributed by atoms with E-state index in [1.54, 1.807) is 25.1 Å². The molecule has 5 rings (SSSR count). The fourth-order valence-electron chi connectivity index (χ4n) is 4.06. The van der Waals surface area contributed by atoms with Crippen LogP contribution in [0.5, 0.6) is 0 Å². The summed E-state index contributed by atoms with van der Waals surface area (Å²) in [7, 11) is 0. The molecule has 0 bridgehead atoms. The first kappa shape index (κ1) is 20.2. The predicted octanol–water partition coefficient (Wildman–Crippen LogP) is 1.67. The Hall–Kier alpha value is -3.38. The molecule has 0 amide bonds. The van der Waals surface area contributed by atoms with Crippen molar-refractivity contribution in [3.05, 3.63) is 35.8 Å². The molecule has 4 heterocycles. The first-order chi connectivity index (χ1) is 16.3. The Morgan fingerprint density at radius 3 is 2.91 bits per heavy atom. The Labute approximate surface area is 188 Å². The number of imidazole rings is 1. The van der Waals surface area contributed by atoms with Gasteiger partial charge >= 0.3 is 0 Å². The van der Waals surface area contributed by atoms with Crippen LogP contribution in [0, 0.1) is 6.92 Å². The molecule has 4 aromatic heterocycles. The second kappa shape index (κ2) is 8.52. The van der Waals surface area contributed by atoms with Crippen LogP contribution < -0.4 is 11.4 Å². The van der Waals surface area contributed by atoms with Gasteiger partial charge in [-0.3, -0.25) is 9.61 Å². The summed E-state index contributed by atoms with van der Waals surface area (Å²) in [5.74, 6) is 0.612. The average molecular weight is 459 g/mol. The van der Waals surface area contributed by atoms with E-state index >= 15 is 0 Å². The number of aryl methyl sites for hydroxylation is 1. The molecular weight excluding hydrogens is 434 g/mol. The highest BCUT2D eigenvalue weighted by atomic mass is 19.3. The van der Waals surface area contributed by atoms with Crippen LogP contribution in [0.2, 0.25) is 0 Å². The number of nitrogens with one attached hydrogen (secondary N) is 1. The number of aromatic nitrogens is 6. The fraction of sp³-hybridized carbons (Fsp3) is 0.429. The van der Waals surface area contributed by atoms with Gasteiger partial charge in [-0.05, 0) is 38.0 Å². The number of pyridine rings is 1. The number of halogens is 2. The lowest BCUT2D eigenvalue weighted by molar-refractivity contribution is -0.0233. The number of hydrogen-bond acceptors (Lipinski definition) is 7. The SMILES string of the molecule is [2H]c1cc(-c2ccc3nc(C)n(CC(F)F)c3n2)c2c(N)nc(=NC3CC(OCCO)C3)[nH]n12. The Balaban J connectivity index is 1.52. The Kier molecular flexibility index (Phi) is 5.23. The van der Waals surface area contributed by atoms with Gasteiger partial charge in [-0.2, -0.15) is 4.98 Å². The minimum atomic E-state index is -2.54. The highest BCUT2D eigenvalue weighted by Crippen LogP contribution is 2.29. The van der Waals surface area contributed by atoms with Gasteiger partial charge in [0.25, 0.3) is 6.43 Å². The summed E-state index contributed by atoms with van der Waals surface area (Å²) in [6, 6.07) is 5.03. The number of nitrogens with two attached hydrogens (primary N) is 1. The molecule has 0 unspecified atom stereocenters. The maximum absolute atomic E-state index is 13.1. The maximum atomic E-state index is 13.1. The van der Waals surface area contributed by atoms with Gasteiger partial charge in [0.2, 0.25) is 5.62 Å². The van der Waals surface area contributed by atoms with E-state index in [2.05, 4.69) is 25.0 Å². The van der Waals surface area contributed by atoms with Crippen LogP contribution in [-0.4, -0.2) is 66.0 Å². The van der Waals surface area contributed by atoms with Gasteiger partial charge in [0.15, 0.2) is 11.5 Å². The van der Waals surface area contributed by atoms with Gasteiger partial charge in [0.05, 0.1) is 39.0 Å². The summed E-state index contributed by atoms with van der Waals surface area (Å²) in [5, 5.41) is 11.8. The maximum Gasteiger partial charge on any atom is 0.256 e. The second-order valence-electron chi connectivity index (χ2n) is 7.97. The molecule has 33 heavy (non-hydrogen) atoms. The zero-order valence-electron chi connectivity index (χ0n) is 18.9. The third-order valence-electron chi connectivity index (χ3n) is 5.70. The third kappa shape index (κ3) is 4.07. The zero-order chi connectivity index (χ0) is 24.0. The van der Waals surface area contributed by atoms with Crippen molar-refractivity contribution in [2.75, 3.05) is 18.9 Å². The van der Waals surface area contributed by atoms with E-state index in [9.17, 15) is 8.78 Å². The number of hydrogen-bond donors (Lipinski definition) is 3. The van der Waals surface area contributed by atoms with Crippen molar-refractivity contribution >= 4 is 22.5 Å². The number of ether oxygens (including phenoxy) is 1. The number of aliphatic hydroxyl groups excluding tert-OH is 1. The molecule has 1 aliphatic carbocycles. The minimum Gasteiger partial charge on any atom is -0.394 e. The van der Waals surface area contributed by atoms with Crippen molar-refractivity contribution in [2.24, 2.45) is 4.99 Å². The van der Waals surface area contributed by atoms with Crippen molar-refractivity contribution in [3.8, 4) is 11.3 Å². The summed E-state index contributed by atoms with van der Waals surface area (Å²) in [6.07, 6.45) is -0.926. The van der Waals surface area contributed by atoms with Crippen LogP contribution in [0.25, 0.3) is 27.9 Å². The summed E-state index contributed by atoms with van der Waals surface area (Å²) in [4.78, 5) is 17.8. The van der Waals surface area contributed by atoms with Crippen LogP contribution in [0.1, 0.15) is 20.0 Å². The lowest BCUT2D eigenvalue weighted by Crippen LogP contribution is -2.37. The fourth-order valence-corrected chi connectivity index (χ4v) is 4.06. The lowest BCUT2D eigenvalue weighted by Gasteiger charge is -2.31. The third-order valence-corrected chi connectivity index (χ3v) is 5.70. The highest BCUT2D eigenvalue weighted by molar-refractivity contribution is 5.88. The Morgan fingerprint density at radius 2 is 2.15 bits per heavy atom. The lowest BCUT2D eigenvalue weighted by atomic mass is 9.90. The van der Waals surface area contributed by atoms with E-state index in [0.717, 1.165) is 0 Å². The number of nitrogen functional groups attached to an aromatic ring is 1. The van der Waals surface area contributed by atoms with Crippen molar-refractivity contribution in [1.82, 2.24) is 29.1 Å². The molecule has 1 saturated carbocycles. The quantitative estimate of drug-likeness (QED) is 0.385. The van der Waals surface area contributed by atoms with Crippen molar-refractivity contribution in [3.63, 3.8) is 0 Å². The van der Waals surface area contributed by atoms with Crippen LogP contribution in [0.4, 0.5) is 14.6 Å². The van der Waals surface area contributed by atoms with E-state index < -0.39 is 13.0 Å². The largest absolute Gasteiger partial charge is 0.394 e. The van der Waals surface area contributed by atoms with Crippen molar-refractivity contribution < 1.29 is 20.0 Å². The molecule has 0 atom stereocenters. The van der Waals surface area contributed by atoms with Gasteiger partial charge in [-0.15, -0.1) is 0 Å². The highest BCUT2D eigenvalue weighted by Gasteiger charge is 2.29. The normalized spacial score (nSPS) is 19.5. The minimum absolute atomic E-state index is 0.0101. The number of aliphatic hydroxyl groups is 1. The molecule has 1 aliphatic rings. The summed E-state index contributed by atoms with van der Waals surface area (Å²) >= 11 is 0. The van der Waals surface area contributed by atoms with Crippen molar-refractivity contribution in [1.29, 1.82) is 0 Å². The average Bonchev–Trinajstić information content (AvgIpc) is 3.26. The molecule has 174 valence electrons. The zero-order valence-corrected chi connectivity index (χ0v) is 17.9. The smallest absolute Gasteiger partial charge is 0.256 e. The van der Waals surface area contributed by atoms with Crippen LogP contribution in [0.3, 0.4) is 0 Å². The molecule has 0 saturated heterocycles. The summed E-state index contributed by atoms with van der Waals surface area (Å²) in [5.41, 5.74) is 8.86. The summed E-state index contributed by atoms with van der Waals surface area (Å²) in [6.45, 7) is 1.44. The Bertz CT molecular complexity index is 1420. The van der Waals surface area contributed by atoms with Gasteiger partial charge in [0, 0.05) is 11.7 Å². The number of rotatable bonds is 7. The van der Waals surface area contributed by atoms with E-state index in [1.165, 1.54) is 9.08 Å². The number of anilines is 1. The number of fused-ring (bicyclic) bond motifs is 2. The molecule has 0 spiro atoms. The van der Waals surface area contributed by atoms with Crippen LogP contribution in [0.15, 0.2) is 29.4 Å².